The molecular weight excluding hydrogens is 598 g/mol. The van der Waals surface area contributed by atoms with Gasteiger partial charge in [-0.15, -0.1) is 0 Å². The van der Waals surface area contributed by atoms with E-state index in [1.807, 2.05) is 18.2 Å². The lowest BCUT2D eigenvalue weighted by molar-refractivity contribution is -0.136. The van der Waals surface area contributed by atoms with Crippen molar-refractivity contribution in [2.75, 3.05) is 31.2 Å². The van der Waals surface area contributed by atoms with Crippen molar-refractivity contribution in [2.24, 2.45) is 0 Å². The number of carboxylic acid groups (broad SMARTS) is 2. The van der Waals surface area contributed by atoms with E-state index in [9.17, 15) is 30.0 Å². The highest BCUT2D eigenvalue weighted by atomic mass is 16.5. The van der Waals surface area contributed by atoms with Crippen molar-refractivity contribution in [1.82, 2.24) is 0 Å². The molecule has 0 saturated carbocycles. The van der Waals surface area contributed by atoms with Crippen LogP contribution in [0.25, 0.3) is 10.8 Å². The number of phenols is 2. The molecule has 3 rings (SSSR count). The SMILES string of the molecule is CCCCCCCCCCCCCCOc1cc(OCCCCc2ccc3cc(O)c(O)cc3c2)cc(N(CC(=O)O)CC(=O)O)c1. The Bertz CT molecular complexity index is 1380. The van der Waals surface area contributed by atoms with Crippen LogP contribution in [0.3, 0.4) is 0 Å². The number of unbranched alkanes of at least 4 members (excludes halogenated alkanes) is 12. The molecular formula is C38H53NO8. The second kappa shape index (κ2) is 20.9. The standard InChI is InChI=1S/C38H53NO8/c1-2-3-4-5-6-7-8-9-10-11-12-14-19-46-33-24-32(39(27-37(42)43)28-38(44)45)25-34(26-33)47-20-15-13-16-29-17-18-30-22-35(40)36(41)23-31(30)21-29/h17-18,21-26,40-41H,2-16,19-20,27-28H2,1H3,(H,42,43)(H,44,45). The maximum atomic E-state index is 11.5. The van der Waals surface area contributed by atoms with Crippen LogP contribution in [0.15, 0.2) is 48.5 Å². The predicted molar refractivity (Wildman–Crippen MR) is 186 cm³/mol. The summed E-state index contributed by atoms with van der Waals surface area (Å²) in [5.41, 5.74) is 1.53. The molecule has 0 amide bonds. The van der Waals surface area contributed by atoms with E-state index < -0.39 is 25.0 Å². The Labute approximate surface area is 279 Å². The fraction of sp³-hybridized carbons (Fsp3) is 0.526. The van der Waals surface area contributed by atoms with Gasteiger partial charge < -0.3 is 34.8 Å². The summed E-state index contributed by atoms with van der Waals surface area (Å²) in [5, 5.41) is 40.0. The monoisotopic (exact) mass is 651 g/mol. The molecule has 0 spiro atoms. The molecule has 3 aromatic carbocycles. The minimum absolute atomic E-state index is 0.140. The van der Waals surface area contributed by atoms with Gasteiger partial charge in [-0.25, -0.2) is 0 Å². The van der Waals surface area contributed by atoms with Crippen molar-refractivity contribution in [3.05, 3.63) is 54.1 Å². The fourth-order valence-corrected chi connectivity index (χ4v) is 5.70. The number of ether oxygens (including phenoxy) is 2. The van der Waals surface area contributed by atoms with Crippen LogP contribution in [0.5, 0.6) is 23.0 Å². The lowest BCUT2D eigenvalue weighted by atomic mass is 10.0. The number of aryl methyl sites for hydroxylation is 1. The Morgan fingerprint density at radius 2 is 1.09 bits per heavy atom. The number of anilines is 1. The molecule has 0 aliphatic rings. The first-order chi connectivity index (χ1) is 22.7. The summed E-state index contributed by atoms with van der Waals surface area (Å²) in [6.07, 6.45) is 17.4. The number of rotatable bonds is 25. The third-order valence-corrected chi connectivity index (χ3v) is 8.28. The molecule has 9 nitrogen and oxygen atoms in total. The summed E-state index contributed by atoms with van der Waals surface area (Å²) in [5.74, 6) is -1.53. The number of aliphatic carboxylic acids is 2. The first-order valence-electron chi connectivity index (χ1n) is 17.3. The van der Waals surface area contributed by atoms with Crippen LogP contribution in [0.1, 0.15) is 102 Å². The zero-order chi connectivity index (χ0) is 33.9. The van der Waals surface area contributed by atoms with Gasteiger partial charge in [-0.2, -0.15) is 0 Å². The Hall–Kier alpha value is -4.14. The third-order valence-electron chi connectivity index (χ3n) is 8.28. The zero-order valence-electron chi connectivity index (χ0n) is 27.9. The summed E-state index contributed by atoms with van der Waals surface area (Å²) in [4.78, 5) is 24.3. The van der Waals surface area contributed by atoms with Gasteiger partial charge in [0.05, 0.1) is 13.2 Å². The van der Waals surface area contributed by atoms with E-state index >= 15 is 0 Å². The summed E-state index contributed by atoms with van der Waals surface area (Å²) in [6.45, 7) is 2.26. The normalized spacial score (nSPS) is 11.1. The van der Waals surface area contributed by atoms with Crippen molar-refractivity contribution in [3.8, 4) is 23.0 Å². The number of hydrogen-bond donors (Lipinski definition) is 4. The molecule has 3 aromatic rings. The Morgan fingerprint density at radius 3 is 1.62 bits per heavy atom. The molecule has 0 unspecified atom stereocenters. The van der Waals surface area contributed by atoms with Crippen LogP contribution in [-0.4, -0.2) is 58.7 Å². The number of phenolic OH excluding ortho intramolecular Hbond substituents is 2. The van der Waals surface area contributed by atoms with Gasteiger partial charge in [0.2, 0.25) is 0 Å². The number of nitrogens with zero attached hydrogens (tertiary/aromatic N) is 1. The van der Waals surface area contributed by atoms with Crippen molar-refractivity contribution >= 4 is 28.4 Å². The Balaban J connectivity index is 1.48. The van der Waals surface area contributed by atoms with Crippen molar-refractivity contribution in [2.45, 2.75) is 103 Å². The number of carboxylic acids is 2. The average molecular weight is 652 g/mol. The number of aromatic hydroxyl groups is 2. The van der Waals surface area contributed by atoms with Gasteiger partial charge in [0.15, 0.2) is 11.5 Å². The molecule has 258 valence electrons. The first kappa shape index (κ1) is 37.3. The quantitative estimate of drug-likeness (QED) is 0.0524. The van der Waals surface area contributed by atoms with Crippen molar-refractivity contribution in [1.29, 1.82) is 0 Å². The highest BCUT2D eigenvalue weighted by Crippen LogP contribution is 2.31. The van der Waals surface area contributed by atoms with Crippen LogP contribution in [-0.2, 0) is 16.0 Å². The van der Waals surface area contributed by atoms with Gasteiger partial charge in [-0.1, -0.05) is 95.8 Å². The van der Waals surface area contributed by atoms with Crippen LogP contribution in [0, 0.1) is 0 Å². The van der Waals surface area contributed by atoms with Gasteiger partial charge in [-0.05, 0) is 54.2 Å². The van der Waals surface area contributed by atoms with E-state index in [4.69, 9.17) is 9.47 Å². The summed E-state index contributed by atoms with van der Waals surface area (Å²) in [7, 11) is 0. The number of benzene rings is 3. The smallest absolute Gasteiger partial charge is 0.323 e. The largest absolute Gasteiger partial charge is 0.504 e. The molecule has 0 aliphatic heterocycles. The lowest BCUT2D eigenvalue weighted by Crippen LogP contribution is -2.34. The molecule has 0 aliphatic carbocycles. The summed E-state index contributed by atoms with van der Waals surface area (Å²) in [6, 6.07) is 14.1. The highest BCUT2D eigenvalue weighted by Gasteiger charge is 2.17. The van der Waals surface area contributed by atoms with Gasteiger partial charge in [-0.3, -0.25) is 9.59 Å². The maximum absolute atomic E-state index is 11.5. The van der Waals surface area contributed by atoms with E-state index in [0.29, 0.717) is 30.4 Å². The minimum Gasteiger partial charge on any atom is -0.504 e. The second-order valence-electron chi connectivity index (χ2n) is 12.4. The Morgan fingerprint density at radius 1 is 0.596 bits per heavy atom. The van der Waals surface area contributed by atoms with E-state index in [0.717, 1.165) is 48.4 Å². The summed E-state index contributed by atoms with van der Waals surface area (Å²) < 4.78 is 12.1. The number of fused-ring (bicyclic) bond motifs is 1. The van der Waals surface area contributed by atoms with Gasteiger partial charge in [0.1, 0.15) is 24.6 Å². The average Bonchev–Trinajstić information content (AvgIpc) is 3.03. The summed E-state index contributed by atoms with van der Waals surface area (Å²) >= 11 is 0. The van der Waals surface area contributed by atoms with E-state index in [1.54, 1.807) is 30.3 Å². The number of carbonyl (C=O) groups is 2. The van der Waals surface area contributed by atoms with Crippen LogP contribution < -0.4 is 14.4 Å². The van der Waals surface area contributed by atoms with Crippen molar-refractivity contribution < 1.29 is 39.5 Å². The molecule has 0 radical (unpaired) electrons. The maximum Gasteiger partial charge on any atom is 0.323 e. The second-order valence-corrected chi connectivity index (χ2v) is 12.4. The van der Waals surface area contributed by atoms with E-state index in [2.05, 4.69) is 6.92 Å². The zero-order valence-corrected chi connectivity index (χ0v) is 27.9. The van der Waals surface area contributed by atoms with E-state index in [1.165, 1.54) is 69.1 Å². The molecule has 0 bridgehead atoms. The van der Waals surface area contributed by atoms with Crippen LogP contribution >= 0.6 is 0 Å². The molecule has 0 aromatic heterocycles. The first-order valence-corrected chi connectivity index (χ1v) is 17.3. The van der Waals surface area contributed by atoms with Crippen molar-refractivity contribution in [3.63, 3.8) is 0 Å². The third kappa shape index (κ3) is 14.4. The molecule has 0 saturated heterocycles. The predicted octanol–water partition coefficient (Wildman–Crippen LogP) is 8.71. The fourth-order valence-electron chi connectivity index (χ4n) is 5.70. The van der Waals surface area contributed by atoms with Gasteiger partial charge in [0, 0.05) is 23.9 Å². The minimum atomic E-state index is -1.13. The molecule has 9 heteroatoms. The topological polar surface area (TPSA) is 137 Å². The molecule has 0 heterocycles. The lowest BCUT2D eigenvalue weighted by Gasteiger charge is -2.22. The number of hydrogen-bond acceptors (Lipinski definition) is 7. The van der Waals surface area contributed by atoms with E-state index in [-0.39, 0.29) is 11.5 Å². The highest BCUT2D eigenvalue weighted by molar-refractivity contribution is 5.86. The Kier molecular flexibility index (Phi) is 16.6. The molecule has 0 fully saturated rings. The van der Waals surface area contributed by atoms with Gasteiger partial charge in [0.25, 0.3) is 0 Å². The molecule has 0 atom stereocenters. The molecule has 4 N–H and O–H groups in total. The molecule has 47 heavy (non-hydrogen) atoms. The van der Waals surface area contributed by atoms with Gasteiger partial charge >= 0.3 is 11.9 Å². The van der Waals surface area contributed by atoms with Crippen LogP contribution in [0.2, 0.25) is 0 Å². The van der Waals surface area contributed by atoms with Crippen LogP contribution in [0.4, 0.5) is 5.69 Å².